The van der Waals surface area contributed by atoms with Crippen molar-refractivity contribution < 1.29 is 19.1 Å². The number of amides is 1. The van der Waals surface area contributed by atoms with Gasteiger partial charge in [-0.15, -0.1) is 0 Å². The predicted molar refractivity (Wildman–Crippen MR) is 87.5 cm³/mol. The van der Waals surface area contributed by atoms with Crippen molar-refractivity contribution in [3.63, 3.8) is 0 Å². The molecule has 0 aliphatic heterocycles. The van der Waals surface area contributed by atoms with Crippen molar-refractivity contribution in [3.8, 4) is 5.69 Å². The molecule has 126 valence electrons. The number of carbonyl (C=O) groups excluding carboxylic acids is 1. The molecule has 1 saturated carbocycles. The van der Waals surface area contributed by atoms with Gasteiger partial charge in [0.15, 0.2) is 5.69 Å². The maximum Gasteiger partial charge on any atom is 0.306 e. The van der Waals surface area contributed by atoms with Crippen molar-refractivity contribution in [2.45, 2.75) is 25.3 Å². The Morgan fingerprint density at radius 1 is 1.29 bits per heavy atom. The first-order chi connectivity index (χ1) is 11.4. The number of aromatic nitrogens is 2. The van der Waals surface area contributed by atoms with E-state index in [1.807, 2.05) is 0 Å². The SMILES string of the molecule is O=C(N[C@@H]1CC[C@H](C(=O)O)C1)c1nn(-c2ccc(F)cc2)cc1Br. The average Bonchev–Trinajstić information content (AvgIpc) is 3.15. The summed E-state index contributed by atoms with van der Waals surface area (Å²) in [5.74, 6) is -1.94. The lowest BCUT2D eigenvalue weighted by atomic mass is 10.1. The molecule has 6 nitrogen and oxygen atoms in total. The fourth-order valence-electron chi connectivity index (χ4n) is 2.82. The van der Waals surface area contributed by atoms with Gasteiger partial charge in [0.05, 0.1) is 16.1 Å². The van der Waals surface area contributed by atoms with E-state index >= 15 is 0 Å². The van der Waals surface area contributed by atoms with Gasteiger partial charge < -0.3 is 10.4 Å². The molecule has 1 aliphatic rings. The molecule has 1 aromatic heterocycles. The Labute approximate surface area is 145 Å². The zero-order chi connectivity index (χ0) is 17.3. The molecule has 3 rings (SSSR count). The lowest BCUT2D eigenvalue weighted by Gasteiger charge is -2.11. The van der Waals surface area contributed by atoms with Crippen molar-refractivity contribution in [2.75, 3.05) is 0 Å². The van der Waals surface area contributed by atoms with Gasteiger partial charge in [0.2, 0.25) is 0 Å². The van der Waals surface area contributed by atoms with Gasteiger partial charge in [-0.05, 0) is 59.5 Å². The Bertz CT molecular complexity index is 775. The molecule has 1 aromatic carbocycles. The van der Waals surface area contributed by atoms with E-state index in [1.165, 1.54) is 16.8 Å². The highest BCUT2D eigenvalue weighted by molar-refractivity contribution is 9.10. The number of hydrogen-bond acceptors (Lipinski definition) is 3. The highest BCUT2D eigenvalue weighted by atomic mass is 79.9. The van der Waals surface area contributed by atoms with Crippen LogP contribution in [0, 0.1) is 11.7 Å². The van der Waals surface area contributed by atoms with Gasteiger partial charge in [-0.25, -0.2) is 9.07 Å². The number of carboxylic acid groups (broad SMARTS) is 1. The molecule has 0 radical (unpaired) electrons. The highest BCUT2D eigenvalue weighted by Gasteiger charge is 2.31. The van der Waals surface area contributed by atoms with Crippen molar-refractivity contribution in [2.24, 2.45) is 5.92 Å². The summed E-state index contributed by atoms with van der Waals surface area (Å²) >= 11 is 3.30. The summed E-state index contributed by atoms with van der Waals surface area (Å²) in [6.45, 7) is 0. The summed E-state index contributed by atoms with van der Waals surface area (Å²) in [6.07, 6.45) is 3.25. The summed E-state index contributed by atoms with van der Waals surface area (Å²) in [7, 11) is 0. The van der Waals surface area contributed by atoms with Crippen molar-refractivity contribution in [1.29, 1.82) is 0 Å². The summed E-state index contributed by atoms with van der Waals surface area (Å²) in [5, 5.41) is 16.1. The number of aliphatic carboxylic acids is 1. The van der Waals surface area contributed by atoms with Crippen LogP contribution in [0.1, 0.15) is 29.8 Å². The molecule has 24 heavy (non-hydrogen) atoms. The average molecular weight is 396 g/mol. The second-order valence-corrected chi connectivity index (χ2v) is 6.62. The van der Waals surface area contributed by atoms with Crippen molar-refractivity contribution in [3.05, 3.63) is 46.4 Å². The second-order valence-electron chi connectivity index (χ2n) is 5.77. The van der Waals surface area contributed by atoms with E-state index in [4.69, 9.17) is 5.11 Å². The lowest BCUT2D eigenvalue weighted by Crippen LogP contribution is -2.33. The second kappa shape index (κ2) is 6.72. The molecular formula is C16H15BrFN3O3. The number of benzene rings is 1. The largest absolute Gasteiger partial charge is 0.481 e. The maximum absolute atomic E-state index is 13.0. The van der Waals surface area contributed by atoms with Crippen LogP contribution in [0.15, 0.2) is 34.9 Å². The van der Waals surface area contributed by atoms with Gasteiger partial charge in [-0.1, -0.05) is 0 Å². The molecule has 2 aromatic rings. The van der Waals surface area contributed by atoms with E-state index in [9.17, 15) is 14.0 Å². The number of hydrogen-bond donors (Lipinski definition) is 2. The fraction of sp³-hybridized carbons (Fsp3) is 0.312. The topological polar surface area (TPSA) is 84.2 Å². The van der Waals surface area contributed by atoms with E-state index < -0.39 is 11.9 Å². The number of nitrogens with zero attached hydrogens (tertiary/aromatic N) is 2. The van der Waals surface area contributed by atoms with Gasteiger partial charge >= 0.3 is 5.97 Å². The number of halogens is 2. The van der Waals surface area contributed by atoms with Gasteiger partial charge in [0.1, 0.15) is 5.82 Å². The summed E-state index contributed by atoms with van der Waals surface area (Å²) < 4.78 is 15.0. The van der Waals surface area contributed by atoms with Gasteiger partial charge in [-0.3, -0.25) is 9.59 Å². The Morgan fingerprint density at radius 3 is 2.62 bits per heavy atom. The Kier molecular flexibility index (Phi) is 4.66. The van der Waals surface area contributed by atoms with E-state index in [1.54, 1.807) is 18.3 Å². The Balaban J connectivity index is 1.72. The number of carboxylic acids is 1. The van der Waals surface area contributed by atoms with Crippen molar-refractivity contribution in [1.82, 2.24) is 15.1 Å². The molecule has 0 spiro atoms. The van der Waals surface area contributed by atoms with E-state index in [2.05, 4.69) is 26.3 Å². The van der Waals surface area contributed by atoms with Gasteiger partial charge in [0, 0.05) is 12.2 Å². The molecule has 2 atom stereocenters. The van der Waals surface area contributed by atoms with Crippen LogP contribution in [0.3, 0.4) is 0 Å². The van der Waals surface area contributed by atoms with Crippen LogP contribution in [0.25, 0.3) is 5.69 Å². The van der Waals surface area contributed by atoms with Crippen LogP contribution in [-0.2, 0) is 4.79 Å². The van der Waals surface area contributed by atoms with Crippen molar-refractivity contribution >= 4 is 27.8 Å². The van der Waals surface area contributed by atoms with E-state index in [0.29, 0.717) is 29.4 Å². The number of rotatable bonds is 4. The molecule has 1 fully saturated rings. The highest BCUT2D eigenvalue weighted by Crippen LogP contribution is 2.26. The third-order valence-corrected chi connectivity index (χ3v) is 4.67. The third-order valence-electron chi connectivity index (χ3n) is 4.09. The smallest absolute Gasteiger partial charge is 0.306 e. The van der Waals surface area contributed by atoms with Gasteiger partial charge in [0.25, 0.3) is 5.91 Å². The molecule has 0 unspecified atom stereocenters. The van der Waals surface area contributed by atoms with Crippen LogP contribution in [0.4, 0.5) is 4.39 Å². The zero-order valence-electron chi connectivity index (χ0n) is 12.6. The first-order valence-electron chi connectivity index (χ1n) is 7.49. The van der Waals surface area contributed by atoms with Crippen LogP contribution in [0.5, 0.6) is 0 Å². The number of nitrogens with one attached hydrogen (secondary N) is 1. The minimum Gasteiger partial charge on any atom is -0.481 e. The zero-order valence-corrected chi connectivity index (χ0v) is 14.2. The molecule has 1 aliphatic carbocycles. The molecule has 2 N–H and O–H groups in total. The van der Waals surface area contributed by atoms with E-state index in [-0.39, 0.29) is 23.5 Å². The van der Waals surface area contributed by atoms with Crippen LogP contribution in [-0.4, -0.2) is 32.8 Å². The number of carbonyl (C=O) groups is 2. The maximum atomic E-state index is 13.0. The fourth-order valence-corrected chi connectivity index (χ4v) is 3.28. The third kappa shape index (κ3) is 3.48. The monoisotopic (exact) mass is 395 g/mol. The molecule has 0 bridgehead atoms. The van der Waals surface area contributed by atoms with Crippen LogP contribution in [0.2, 0.25) is 0 Å². The molecule has 1 amide bonds. The first-order valence-corrected chi connectivity index (χ1v) is 8.28. The minimum absolute atomic E-state index is 0.165. The Morgan fingerprint density at radius 2 is 2.00 bits per heavy atom. The normalized spacial score (nSPS) is 20.1. The molecule has 0 saturated heterocycles. The summed E-state index contributed by atoms with van der Waals surface area (Å²) in [6, 6.07) is 5.58. The quantitative estimate of drug-likeness (QED) is 0.833. The summed E-state index contributed by atoms with van der Waals surface area (Å²) in [4.78, 5) is 23.4. The van der Waals surface area contributed by atoms with E-state index in [0.717, 1.165) is 0 Å². The lowest BCUT2D eigenvalue weighted by molar-refractivity contribution is -0.141. The standard InChI is InChI=1S/C16H15BrFN3O3/c17-13-8-21(12-5-2-10(18)3-6-12)20-14(13)15(22)19-11-4-1-9(7-11)16(23)24/h2-3,5-6,8-9,11H,1,4,7H2,(H,19,22)(H,23,24)/t9-,11+/m0/s1. The molecular weight excluding hydrogens is 381 g/mol. The predicted octanol–water partition coefficient (Wildman–Crippen LogP) is 2.76. The van der Waals surface area contributed by atoms with Gasteiger partial charge in [-0.2, -0.15) is 5.10 Å². The molecule has 8 heteroatoms. The molecule has 1 heterocycles. The van der Waals surface area contributed by atoms with Crippen LogP contribution >= 0.6 is 15.9 Å². The first kappa shape index (κ1) is 16.6. The van der Waals surface area contributed by atoms with Crippen LogP contribution < -0.4 is 5.32 Å². The Hall–Kier alpha value is -2.22. The minimum atomic E-state index is -0.825. The summed E-state index contributed by atoms with van der Waals surface area (Å²) in [5.41, 5.74) is 0.834.